The van der Waals surface area contributed by atoms with E-state index in [1.807, 2.05) is 0 Å². The van der Waals surface area contributed by atoms with Gasteiger partial charge in [0.25, 0.3) is 5.91 Å². The molecule has 126 valence electrons. The van der Waals surface area contributed by atoms with Gasteiger partial charge in [0.15, 0.2) is 0 Å². The topological polar surface area (TPSA) is 93.2 Å². The van der Waals surface area contributed by atoms with Gasteiger partial charge in [-0.3, -0.25) is 19.3 Å². The van der Waals surface area contributed by atoms with E-state index in [1.54, 1.807) is 13.0 Å². The highest BCUT2D eigenvalue weighted by molar-refractivity contribution is 8.04. The van der Waals surface area contributed by atoms with Gasteiger partial charge in [-0.1, -0.05) is 6.08 Å². The van der Waals surface area contributed by atoms with Crippen LogP contribution in [0.5, 0.6) is 0 Å². The number of ether oxygens (including phenoxy) is 2. The van der Waals surface area contributed by atoms with Gasteiger partial charge in [0.05, 0.1) is 25.2 Å². The summed E-state index contributed by atoms with van der Waals surface area (Å²) in [5.74, 6) is -3.01. The molecule has 2 saturated heterocycles. The van der Waals surface area contributed by atoms with Crippen molar-refractivity contribution < 1.29 is 28.7 Å². The van der Waals surface area contributed by atoms with Crippen molar-refractivity contribution in [3.05, 3.63) is 11.0 Å². The second-order valence-electron chi connectivity index (χ2n) is 4.89. The quantitative estimate of drug-likeness (QED) is 0.357. The van der Waals surface area contributed by atoms with E-state index < -0.39 is 29.7 Å². The second-order valence-corrected chi connectivity index (χ2v) is 5.95. The fourth-order valence-electron chi connectivity index (χ4n) is 2.32. The predicted octanol–water partition coefficient (Wildman–Crippen LogP) is -0.607. The highest BCUT2D eigenvalue weighted by Crippen LogP contribution is 2.28. The Balaban J connectivity index is 2.25. The molecule has 2 heterocycles. The molecule has 9 heteroatoms. The summed E-state index contributed by atoms with van der Waals surface area (Å²) in [6.07, 6.45) is 1.56. The van der Waals surface area contributed by atoms with Crippen LogP contribution in [0.4, 0.5) is 0 Å². The van der Waals surface area contributed by atoms with Crippen LogP contribution in [-0.2, 0) is 28.7 Å². The monoisotopic (exact) mass is 342 g/mol. The first-order valence-corrected chi connectivity index (χ1v) is 8.11. The summed E-state index contributed by atoms with van der Waals surface area (Å²) in [6, 6.07) is -1.10. The molecule has 23 heavy (non-hydrogen) atoms. The molecule has 2 aliphatic heterocycles. The smallest absolute Gasteiger partial charge is 0.329 e. The Morgan fingerprint density at radius 3 is 2.48 bits per heavy atom. The molecular formula is C14H18N2O6S. The van der Waals surface area contributed by atoms with E-state index in [2.05, 4.69) is 4.74 Å². The van der Waals surface area contributed by atoms with E-state index >= 15 is 0 Å². The fraction of sp³-hybridized carbons (Fsp3) is 0.571. The van der Waals surface area contributed by atoms with Gasteiger partial charge in [-0.25, -0.2) is 4.79 Å². The minimum Gasteiger partial charge on any atom is -0.467 e. The van der Waals surface area contributed by atoms with E-state index in [4.69, 9.17) is 4.74 Å². The van der Waals surface area contributed by atoms with Gasteiger partial charge in [0.1, 0.15) is 6.04 Å². The van der Waals surface area contributed by atoms with Crippen LogP contribution in [0.3, 0.4) is 0 Å². The molecule has 0 N–H and O–H groups in total. The van der Waals surface area contributed by atoms with E-state index in [-0.39, 0.29) is 18.8 Å². The molecule has 0 aromatic heterocycles. The number of carbonyl (C=O) groups is 4. The Kier molecular flexibility index (Phi) is 5.78. The lowest BCUT2D eigenvalue weighted by atomic mass is 10.2. The van der Waals surface area contributed by atoms with Gasteiger partial charge < -0.3 is 14.4 Å². The zero-order chi connectivity index (χ0) is 17.0. The number of nitrogens with zero attached hydrogens (tertiary/aromatic N) is 2. The van der Waals surface area contributed by atoms with Gasteiger partial charge in [0, 0.05) is 18.8 Å². The number of thioether (sulfide) groups is 1. The summed E-state index contributed by atoms with van der Waals surface area (Å²) >= 11 is 1.16. The second kappa shape index (κ2) is 7.60. The van der Waals surface area contributed by atoms with Crippen LogP contribution < -0.4 is 0 Å². The van der Waals surface area contributed by atoms with Crippen LogP contribution in [0.1, 0.15) is 6.92 Å². The molecule has 0 bridgehead atoms. The molecule has 0 spiro atoms. The highest BCUT2D eigenvalue weighted by atomic mass is 32.2. The fourth-order valence-corrected chi connectivity index (χ4v) is 3.33. The first-order chi connectivity index (χ1) is 11.0. The van der Waals surface area contributed by atoms with Crippen LogP contribution in [0.15, 0.2) is 11.0 Å². The van der Waals surface area contributed by atoms with Gasteiger partial charge in [-0.15, -0.1) is 11.8 Å². The molecule has 0 radical (unpaired) electrons. The molecule has 0 saturated carbocycles. The Morgan fingerprint density at radius 1 is 1.26 bits per heavy atom. The number of imide groups is 1. The Morgan fingerprint density at radius 2 is 1.91 bits per heavy atom. The number of morpholine rings is 1. The van der Waals surface area contributed by atoms with Crippen LogP contribution in [0, 0.1) is 0 Å². The van der Waals surface area contributed by atoms with Crippen molar-refractivity contribution in [2.24, 2.45) is 0 Å². The lowest BCUT2D eigenvalue weighted by molar-refractivity contribution is -0.164. The van der Waals surface area contributed by atoms with E-state index in [1.165, 1.54) is 12.0 Å². The van der Waals surface area contributed by atoms with Crippen LogP contribution in [0.25, 0.3) is 0 Å². The average molecular weight is 342 g/mol. The molecule has 2 fully saturated rings. The van der Waals surface area contributed by atoms with E-state index in [0.717, 1.165) is 16.7 Å². The number of rotatable bonds is 1. The molecule has 8 nitrogen and oxygen atoms in total. The third kappa shape index (κ3) is 3.56. The number of hydrogen-bond donors (Lipinski definition) is 0. The standard InChI is InChI=1S/C14H18N2O6S/c1-3-10-11(17)16(9(8-23-10)14(20)21-2)13(19)12(18)15-4-6-22-7-5-15/h3,9H,4-8H2,1-2H3/b10-3+. The zero-order valence-electron chi connectivity index (χ0n) is 12.9. The Hall–Kier alpha value is -1.87. The lowest BCUT2D eigenvalue weighted by Crippen LogP contribution is -2.58. The number of methoxy groups -OCH3 is 1. The summed E-state index contributed by atoms with van der Waals surface area (Å²) in [5.41, 5.74) is 0. The minimum absolute atomic E-state index is 0.167. The molecule has 1 atom stereocenters. The maximum atomic E-state index is 12.5. The summed E-state index contributed by atoms with van der Waals surface area (Å²) in [5, 5.41) is 0. The van der Waals surface area contributed by atoms with Crippen molar-refractivity contribution in [1.29, 1.82) is 0 Å². The Bertz CT molecular complexity index is 555. The summed E-state index contributed by atoms with van der Waals surface area (Å²) in [6.45, 7) is 2.89. The average Bonchev–Trinajstić information content (AvgIpc) is 2.60. The third-order valence-corrected chi connectivity index (χ3v) is 4.78. The van der Waals surface area contributed by atoms with Gasteiger partial charge in [0.2, 0.25) is 0 Å². The van der Waals surface area contributed by atoms with Gasteiger partial charge in [-0.05, 0) is 6.92 Å². The number of amides is 3. The maximum absolute atomic E-state index is 12.5. The van der Waals surface area contributed by atoms with Gasteiger partial charge >= 0.3 is 17.8 Å². The third-order valence-electron chi connectivity index (χ3n) is 3.57. The number of esters is 1. The Labute approximate surface area is 137 Å². The number of hydrogen-bond acceptors (Lipinski definition) is 7. The number of carbonyl (C=O) groups excluding carboxylic acids is 4. The molecule has 0 aliphatic carbocycles. The SMILES string of the molecule is C/C=C1/SCC(C(=O)OC)N(C(=O)C(=O)N2CCOCC2)C1=O. The van der Waals surface area contributed by atoms with Crippen LogP contribution in [-0.4, -0.2) is 78.7 Å². The molecule has 2 aliphatic rings. The van der Waals surface area contributed by atoms with Crippen molar-refractivity contribution in [3.8, 4) is 0 Å². The van der Waals surface area contributed by atoms with Crippen molar-refractivity contribution >= 4 is 35.5 Å². The molecule has 0 aromatic rings. The summed E-state index contributed by atoms with van der Waals surface area (Å²) < 4.78 is 9.78. The first-order valence-electron chi connectivity index (χ1n) is 7.12. The largest absolute Gasteiger partial charge is 0.467 e. The summed E-state index contributed by atoms with van der Waals surface area (Å²) in [7, 11) is 1.18. The molecule has 1 unspecified atom stereocenters. The molecule has 0 aromatic carbocycles. The molecular weight excluding hydrogens is 324 g/mol. The van der Waals surface area contributed by atoms with E-state index in [9.17, 15) is 19.2 Å². The minimum atomic E-state index is -1.10. The normalized spacial score (nSPS) is 23.8. The zero-order valence-corrected chi connectivity index (χ0v) is 13.8. The van der Waals surface area contributed by atoms with Crippen LogP contribution in [0.2, 0.25) is 0 Å². The lowest BCUT2D eigenvalue weighted by Gasteiger charge is -2.34. The molecule has 3 amide bonds. The van der Waals surface area contributed by atoms with Crippen molar-refractivity contribution in [1.82, 2.24) is 9.80 Å². The number of allylic oxidation sites excluding steroid dienone is 1. The van der Waals surface area contributed by atoms with E-state index in [0.29, 0.717) is 18.1 Å². The highest BCUT2D eigenvalue weighted by Gasteiger charge is 2.44. The summed E-state index contributed by atoms with van der Waals surface area (Å²) in [4.78, 5) is 51.5. The van der Waals surface area contributed by atoms with Crippen molar-refractivity contribution in [2.45, 2.75) is 13.0 Å². The first kappa shape index (κ1) is 17.5. The van der Waals surface area contributed by atoms with Gasteiger partial charge in [-0.2, -0.15) is 0 Å². The predicted molar refractivity (Wildman–Crippen MR) is 81.3 cm³/mol. The molecule has 2 rings (SSSR count). The van der Waals surface area contributed by atoms with Crippen molar-refractivity contribution in [3.63, 3.8) is 0 Å². The van der Waals surface area contributed by atoms with Crippen molar-refractivity contribution in [2.75, 3.05) is 39.2 Å². The van der Waals surface area contributed by atoms with Crippen LogP contribution >= 0.6 is 11.8 Å². The maximum Gasteiger partial charge on any atom is 0.329 e.